The first-order valence-electron chi connectivity index (χ1n) is 6.84. The quantitative estimate of drug-likeness (QED) is 0.546. The summed E-state index contributed by atoms with van der Waals surface area (Å²) in [6, 6.07) is 10.6. The van der Waals surface area contributed by atoms with E-state index >= 15 is 0 Å². The van der Waals surface area contributed by atoms with Gasteiger partial charge in [0.2, 0.25) is 0 Å². The van der Waals surface area contributed by atoms with Gasteiger partial charge in [0.05, 0.1) is 22.1 Å². The number of rotatable bonds is 2. The number of pyridine rings is 1. The van der Waals surface area contributed by atoms with Gasteiger partial charge in [0, 0.05) is 29.8 Å². The molecule has 0 saturated heterocycles. The molecule has 0 atom stereocenters. The average molecular weight is 309 g/mol. The van der Waals surface area contributed by atoms with Gasteiger partial charge < -0.3 is 0 Å². The Labute approximate surface area is 130 Å². The Balaban J connectivity index is 1.88. The lowest BCUT2D eigenvalue weighted by atomic mass is 10.1. The molecule has 0 aliphatic rings. The molecule has 4 aromatic rings. The Kier molecular flexibility index (Phi) is 3.01. The summed E-state index contributed by atoms with van der Waals surface area (Å²) in [6.45, 7) is 0. The van der Waals surface area contributed by atoms with Crippen molar-refractivity contribution in [3.05, 3.63) is 60.0 Å². The molecular formula is C17H12FN3S. The van der Waals surface area contributed by atoms with E-state index in [0.717, 1.165) is 32.6 Å². The van der Waals surface area contributed by atoms with E-state index in [1.807, 2.05) is 19.3 Å². The second-order valence-corrected chi connectivity index (χ2v) is 6.01. The summed E-state index contributed by atoms with van der Waals surface area (Å²) < 4.78 is 16.0. The molecule has 0 aliphatic heterocycles. The van der Waals surface area contributed by atoms with Gasteiger partial charge in [-0.15, -0.1) is 11.3 Å². The highest BCUT2D eigenvalue weighted by atomic mass is 32.1. The Morgan fingerprint density at radius 3 is 2.59 bits per heavy atom. The van der Waals surface area contributed by atoms with Gasteiger partial charge in [-0.05, 0) is 29.8 Å². The minimum Gasteiger partial charge on any atom is -0.275 e. The molecule has 5 heteroatoms. The third kappa shape index (κ3) is 2.19. The average Bonchev–Trinajstić information content (AvgIpc) is 3.14. The van der Waals surface area contributed by atoms with E-state index < -0.39 is 0 Å². The molecular weight excluding hydrogens is 297 g/mol. The zero-order valence-corrected chi connectivity index (χ0v) is 12.6. The number of benzene rings is 1. The molecule has 0 radical (unpaired) electrons. The van der Waals surface area contributed by atoms with Crippen LogP contribution in [0.15, 0.2) is 54.2 Å². The number of hydrogen-bond acceptors (Lipinski definition) is 3. The smallest absolute Gasteiger partial charge is 0.123 e. The number of fused-ring (bicyclic) bond motifs is 1. The van der Waals surface area contributed by atoms with Gasteiger partial charge in [-0.25, -0.2) is 9.37 Å². The number of hydrogen-bond donors (Lipinski definition) is 0. The highest BCUT2D eigenvalue weighted by Gasteiger charge is 2.10. The number of aromatic nitrogens is 3. The fourth-order valence-electron chi connectivity index (χ4n) is 2.46. The van der Waals surface area contributed by atoms with Gasteiger partial charge in [-0.3, -0.25) is 4.68 Å². The van der Waals surface area contributed by atoms with E-state index in [-0.39, 0.29) is 5.82 Å². The first kappa shape index (κ1) is 13.2. The fourth-order valence-corrected chi connectivity index (χ4v) is 3.37. The minimum atomic E-state index is -0.229. The second-order valence-electron chi connectivity index (χ2n) is 5.10. The van der Waals surface area contributed by atoms with Gasteiger partial charge in [-0.1, -0.05) is 12.1 Å². The zero-order chi connectivity index (χ0) is 15.1. The third-order valence-corrected chi connectivity index (χ3v) is 4.51. The van der Waals surface area contributed by atoms with Gasteiger partial charge in [0.25, 0.3) is 0 Å². The van der Waals surface area contributed by atoms with Gasteiger partial charge in [-0.2, -0.15) is 5.10 Å². The molecule has 3 aromatic heterocycles. The predicted octanol–water partition coefficient (Wildman–Crippen LogP) is 4.50. The Morgan fingerprint density at radius 1 is 1.05 bits per heavy atom. The first-order chi connectivity index (χ1) is 10.7. The van der Waals surface area contributed by atoms with Gasteiger partial charge in [0.1, 0.15) is 5.82 Å². The van der Waals surface area contributed by atoms with E-state index in [1.54, 1.807) is 34.3 Å². The van der Waals surface area contributed by atoms with Crippen molar-refractivity contribution < 1.29 is 4.39 Å². The summed E-state index contributed by atoms with van der Waals surface area (Å²) in [5.74, 6) is -0.229. The van der Waals surface area contributed by atoms with Crippen LogP contribution < -0.4 is 0 Å². The number of halogens is 1. The first-order valence-corrected chi connectivity index (χ1v) is 7.72. The van der Waals surface area contributed by atoms with Crippen LogP contribution in [0.5, 0.6) is 0 Å². The molecule has 0 unspecified atom stereocenters. The topological polar surface area (TPSA) is 30.7 Å². The Hall–Kier alpha value is -2.53. The molecule has 0 fully saturated rings. The molecule has 0 aliphatic carbocycles. The van der Waals surface area contributed by atoms with Crippen molar-refractivity contribution in [3.8, 4) is 22.4 Å². The summed E-state index contributed by atoms with van der Waals surface area (Å²) in [5.41, 5.74) is 4.83. The van der Waals surface area contributed by atoms with E-state index in [1.165, 1.54) is 12.1 Å². The maximum absolute atomic E-state index is 13.1. The van der Waals surface area contributed by atoms with Crippen molar-refractivity contribution in [2.45, 2.75) is 0 Å². The predicted molar refractivity (Wildman–Crippen MR) is 87.2 cm³/mol. The molecule has 3 heterocycles. The molecule has 1 aromatic carbocycles. The second kappa shape index (κ2) is 5.03. The molecule has 108 valence electrons. The highest BCUT2D eigenvalue weighted by Crippen LogP contribution is 2.34. The third-order valence-electron chi connectivity index (χ3n) is 3.57. The molecule has 0 spiro atoms. The van der Waals surface area contributed by atoms with Crippen molar-refractivity contribution >= 4 is 21.6 Å². The van der Waals surface area contributed by atoms with E-state index in [4.69, 9.17) is 4.98 Å². The van der Waals surface area contributed by atoms with Crippen LogP contribution in [0, 0.1) is 5.82 Å². The molecule has 3 nitrogen and oxygen atoms in total. The molecule has 0 bridgehead atoms. The lowest BCUT2D eigenvalue weighted by molar-refractivity contribution is 0.628. The molecule has 22 heavy (non-hydrogen) atoms. The summed E-state index contributed by atoms with van der Waals surface area (Å²) in [6.07, 6.45) is 3.75. The Morgan fingerprint density at radius 2 is 1.86 bits per heavy atom. The van der Waals surface area contributed by atoms with Crippen molar-refractivity contribution in [2.24, 2.45) is 7.05 Å². The van der Waals surface area contributed by atoms with Crippen LogP contribution in [0.1, 0.15) is 0 Å². The lowest BCUT2D eigenvalue weighted by Crippen LogP contribution is -1.85. The summed E-state index contributed by atoms with van der Waals surface area (Å²) in [7, 11) is 1.89. The summed E-state index contributed by atoms with van der Waals surface area (Å²) in [4.78, 5) is 4.78. The number of aryl methyl sites for hydroxylation is 1. The largest absolute Gasteiger partial charge is 0.275 e. The summed E-state index contributed by atoms with van der Waals surface area (Å²) in [5, 5.41) is 6.26. The van der Waals surface area contributed by atoms with Crippen LogP contribution >= 0.6 is 11.3 Å². The van der Waals surface area contributed by atoms with Crippen LogP contribution in [0.3, 0.4) is 0 Å². The van der Waals surface area contributed by atoms with Crippen LogP contribution in [0.25, 0.3) is 32.6 Å². The molecule has 0 saturated carbocycles. The van der Waals surface area contributed by atoms with E-state index in [9.17, 15) is 4.39 Å². The Bertz CT molecular complexity index is 954. The maximum Gasteiger partial charge on any atom is 0.123 e. The normalized spacial score (nSPS) is 11.2. The van der Waals surface area contributed by atoms with Crippen molar-refractivity contribution in [3.63, 3.8) is 0 Å². The van der Waals surface area contributed by atoms with E-state index in [2.05, 4.69) is 16.5 Å². The fraction of sp³-hybridized carbons (Fsp3) is 0.0588. The van der Waals surface area contributed by atoms with Gasteiger partial charge >= 0.3 is 0 Å². The highest BCUT2D eigenvalue weighted by molar-refractivity contribution is 7.17. The van der Waals surface area contributed by atoms with Crippen molar-refractivity contribution in [2.75, 3.05) is 0 Å². The lowest BCUT2D eigenvalue weighted by Gasteiger charge is -2.01. The molecule has 4 rings (SSSR count). The zero-order valence-electron chi connectivity index (χ0n) is 11.8. The van der Waals surface area contributed by atoms with Crippen molar-refractivity contribution in [1.82, 2.24) is 14.8 Å². The van der Waals surface area contributed by atoms with Gasteiger partial charge in [0.15, 0.2) is 0 Å². The van der Waals surface area contributed by atoms with Crippen LogP contribution in [-0.2, 0) is 7.05 Å². The van der Waals surface area contributed by atoms with Crippen LogP contribution in [0.2, 0.25) is 0 Å². The van der Waals surface area contributed by atoms with Crippen molar-refractivity contribution in [1.29, 1.82) is 0 Å². The van der Waals surface area contributed by atoms with Crippen LogP contribution in [-0.4, -0.2) is 14.8 Å². The standard InChI is InChI=1S/C17H12FN3S/c1-21-9-12(8-19-21)15-6-7-16-17(20-15)14(10-22-16)11-2-4-13(18)5-3-11/h2-10H,1H3. The number of nitrogens with zero attached hydrogens (tertiary/aromatic N) is 3. The molecule has 0 amide bonds. The number of thiophene rings is 1. The monoisotopic (exact) mass is 309 g/mol. The molecule has 0 N–H and O–H groups in total. The maximum atomic E-state index is 13.1. The SMILES string of the molecule is Cn1cc(-c2ccc3scc(-c4ccc(F)cc4)c3n2)cn1. The minimum absolute atomic E-state index is 0.229. The van der Waals surface area contributed by atoms with E-state index in [0.29, 0.717) is 0 Å². The van der Waals surface area contributed by atoms with Crippen LogP contribution in [0.4, 0.5) is 4.39 Å². The summed E-state index contributed by atoms with van der Waals surface area (Å²) >= 11 is 1.64.